The number of carbonyl (C=O) groups excluding carboxylic acids is 1. The predicted molar refractivity (Wildman–Crippen MR) is 122 cm³/mol. The van der Waals surface area contributed by atoms with Crippen molar-refractivity contribution in [1.82, 2.24) is 5.32 Å². The molecule has 0 aliphatic heterocycles. The monoisotopic (exact) mass is 429 g/mol. The average Bonchev–Trinajstić information content (AvgIpc) is 2.80. The molecular formula is C26H33F2NO2. The van der Waals surface area contributed by atoms with Gasteiger partial charge in [-0.2, -0.15) is 4.39 Å². The molecule has 1 saturated carbocycles. The first kappa shape index (κ1) is 23.0. The van der Waals surface area contributed by atoms with Crippen molar-refractivity contribution < 1.29 is 19.7 Å². The number of hydrogen-bond acceptors (Lipinski definition) is 2. The van der Waals surface area contributed by atoms with E-state index < -0.39 is 17.5 Å². The van der Waals surface area contributed by atoms with Crippen LogP contribution < -0.4 is 10.1 Å². The van der Waals surface area contributed by atoms with Gasteiger partial charge in [0.15, 0.2) is 11.6 Å². The predicted octanol–water partition coefficient (Wildman–Crippen LogP) is 6.70. The zero-order valence-corrected chi connectivity index (χ0v) is 18.2. The van der Waals surface area contributed by atoms with E-state index in [9.17, 15) is 13.6 Å². The lowest BCUT2D eigenvalue weighted by Gasteiger charge is -2.22. The number of benzene rings is 2. The zero-order chi connectivity index (χ0) is 22.2. The summed E-state index contributed by atoms with van der Waals surface area (Å²) in [6, 6.07) is 9.15. The van der Waals surface area contributed by atoms with Gasteiger partial charge < -0.3 is 10.1 Å². The summed E-state index contributed by atoms with van der Waals surface area (Å²) in [4.78, 5) is 12.5. The van der Waals surface area contributed by atoms with E-state index in [1.165, 1.54) is 24.1 Å². The molecule has 2 aromatic carbocycles. The normalized spacial score (nSPS) is 14.3. The Balaban J connectivity index is 0.00000363. The Labute approximate surface area is 185 Å². The molecule has 1 aliphatic rings. The van der Waals surface area contributed by atoms with Crippen LogP contribution in [0.3, 0.4) is 0 Å². The summed E-state index contributed by atoms with van der Waals surface area (Å²) in [5.41, 5.74) is 2.01. The third kappa shape index (κ3) is 5.93. The smallest absolute Gasteiger partial charge is 0.254 e. The van der Waals surface area contributed by atoms with Crippen LogP contribution in [0.1, 0.15) is 73.9 Å². The van der Waals surface area contributed by atoms with Crippen molar-refractivity contribution in [3.63, 3.8) is 0 Å². The maximum atomic E-state index is 14.8. The third-order valence-electron chi connectivity index (χ3n) is 5.88. The van der Waals surface area contributed by atoms with Crippen LogP contribution in [-0.4, -0.2) is 12.5 Å². The molecule has 2 aromatic rings. The van der Waals surface area contributed by atoms with Crippen LogP contribution in [-0.2, 0) is 13.0 Å². The fraction of sp³-hybridized carbons (Fsp3) is 0.423. The first-order chi connectivity index (χ1) is 15.0. The van der Waals surface area contributed by atoms with E-state index in [1.807, 2.05) is 24.3 Å². The highest BCUT2D eigenvalue weighted by Gasteiger charge is 2.23. The molecule has 1 aliphatic carbocycles. The van der Waals surface area contributed by atoms with E-state index in [4.69, 9.17) is 4.74 Å². The highest BCUT2D eigenvalue weighted by molar-refractivity contribution is 5.95. The summed E-state index contributed by atoms with van der Waals surface area (Å²) in [5.74, 6) is -2.80. The molecule has 3 nitrogen and oxygen atoms in total. The Morgan fingerprint density at radius 3 is 2.48 bits per heavy atom. The Morgan fingerprint density at radius 1 is 1.16 bits per heavy atom. The van der Waals surface area contributed by atoms with Gasteiger partial charge in [0, 0.05) is 13.5 Å². The average molecular weight is 430 g/mol. The maximum absolute atomic E-state index is 14.8. The van der Waals surface area contributed by atoms with E-state index in [1.54, 1.807) is 0 Å². The van der Waals surface area contributed by atoms with Crippen molar-refractivity contribution in [2.75, 3.05) is 6.54 Å². The highest BCUT2D eigenvalue weighted by Crippen LogP contribution is 2.30. The van der Waals surface area contributed by atoms with Gasteiger partial charge in [-0.25, -0.2) is 4.39 Å². The molecule has 0 radical (unpaired) electrons. The van der Waals surface area contributed by atoms with Gasteiger partial charge in [0.2, 0.25) is 5.82 Å². The van der Waals surface area contributed by atoms with Gasteiger partial charge in [0.25, 0.3) is 5.91 Å². The SMILES string of the molecule is C=Cc1cc(C(=O)NCC2CCCCC2)c(F)c(F)c1OCc1ccc(CCC)cc1.[HH]. The minimum Gasteiger partial charge on any atom is -0.485 e. The van der Waals surface area contributed by atoms with E-state index in [-0.39, 0.29) is 24.9 Å². The van der Waals surface area contributed by atoms with Crippen LogP contribution in [0, 0.1) is 17.6 Å². The number of rotatable bonds is 9. The molecular weight excluding hydrogens is 396 g/mol. The second kappa shape index (κ2) is 11.1. The summed E-state index contributed by atoms with van der Waals surface area (Å²) >= 11 is 0. The van der Waals surface area contributed by atoms with Crippen LogP contribution in [0.15, 0.2) is 36.9 Å². The lowest BCUT2D eigenvalue weighted by atomic mass is 9.89. The molecule has 0 heterocycles. The van der Waals surface area contributed by atoms with Crippen molar-refractivity contribution in [2.45, 2.75) is 58.5 Å². The first-order valence-corrected chi connectivity index (χ1v) is 11.2. The number of nitrogens with one attached hydrogen (secondary N) is 1. The van der Waals surface area contributed by atoms with Gasteiger partial charge in [-0.1, -0.05) is 69.5 Å². The van der Waals surface area contributed by atoms with Crippen molar-refractivity contribution in [2.24, 2.45) is 5.92 Å². The molecule has 0 spiro atoms. The number of amides is 1. The molecule has 0 aromatic heterocycles. The van der Waals surface area contributed by atoms with Crippen LogP contribution in [0.4, 0.5) is 8.78 Å². The number of ether oxygens (including phenoxy) is 1. The number of hydrogen-bond donors (Lipinski definition) is 1. The minimum atomic E-state index is -1.19. The zero-order valence-electron chi connectivity index (χ0n) is 18.2. The molecule has 31 heavy (non-hydrogen) atoms. The van der Waals surface area contributed by atoms with Gasteiger partial charge in [-0.3, -0.25) is 4.79 Å². The molecule has 0 bridgehead atoms. The van der Waals surface area contributed by atoms with E-state index >= 15 is 0 Å². The molecule has 0 atom stereocenters. The fourth-order valence-electron chi connectivity index (χ4n) is 4.06. The highest BCUT2D eigenvalue weighted by atomic mass is 19.2. The van der Waals surface area contributed by atoms with Gasteiger partial charge in [0.1, 0.15) is 6.61 Å². The van der Waals surface area contributed by atoms with Crippen LogP contribution in [0.5, 0.6) is 5.75 Å². The number of carbonyl (C=O) groups is 1. The Kier molecular flexibility index (Phi) is 8.21. The Morgan fingerprint density at radius 2 is 1.84 bits per heavy atom. The van der Waals surface area contributed by atoms with E-state index in [0.29, 0.717) is 12.5 Å². The summed E-state index contributed by atoms with van der Waals surface area (Å²) in [6.45, 7) is 6.36. The van der Waals surface area contributed by atoms with Crippen molar-refractivity contribution >= 4 is 12.0 Å². The lowest BCUT2D eigenvalue weighted by molar-refractivity contribution is 0.0938. The summed E-state index contributed by atoms with van der Waals surface area (Å²) in [6.07, 6.45) is 9.06. The molecule has 3 rings (SSSR count). The van der Waals surface area contributed by atoms with Crippen molar-refractivity contribution in [3.8, 4) is 5.75 Å². The van der Waals surface area contributed by atoms with Crippen molar-refractivity contribution in [3.05, 3.63) is 70.8 Å². The standard InChI is InChI=1S/C26H31F2NO2.H2/c1-3-8-18-11-13-20(14-12-18)17-31-25-21(4-2)15-22(23(27)24(25)28)26(30)29-16-19-9-6-5-7-10-19;/h4,11-15,19H,2-3,5-10,16-17H2,1H3,(H,29,30);1H. The third-order valence-corrected chi connectivity index (χ3v) is 5.88. The summed E-state index contributed by atoms with van der Waals surface area (Å²) < 4.78 is 35.1. The van der Waals surface area contributed by atoms with Crippen LogP contribution in [0.25, 0.3) is 6.08 Å². The van der Waals surface area contributed by atoms with Crippen molar-refractivity contribution in [1.29, 1.82) is 0 Å². The summed E-state index contributed by atoms with van der Waals surface area (Å²) in [7, 11) is 0. The molecule has 5 heteroatoms. The largest absolute Gasteiger partial charge is 0.485 e. The van der Waals surface area contributed by atoms with Gasteiger partial charge in [0.05, 0.1) is 5.56 Å². The van der Waals surface area contributed by atoms with E-state index in [0.717, 1.165) is 44.1 Å². The molecule has 168 valence electrons. The first-order valence-electron chi connectivity index (χ1n) is 11.2. The second-order valence-electron chi connectivity index (χ2n) is 8.24. The molecule has 0 saturated heterocycles. The quantitative estimate of drug-likeness (QED) is 0.482. The second-order valence-corrected chi connectivity index (χ2v) is 8.24. The number of halogens is 2. The molecule has 0 unspecified atom stereocenters. The molecule has 1 amide bonds. The fourth-order valence-corrected chi connectivity index (χ4v) is 4.06. The van der Waals surface area contributed by atoms with Gasteiger partial charge in [-0.15, -0.1) is 0 Å². The van der Waals surface area contributed by atoms with Crippen LogP contribution >= 0.6 is 0 Å². The minimum absolute atomic E-state index is 0. The van der Waals surface area contributed by atoms with E-state index in [2.05, 4.69) is 18.8 Å². The Hall–Kier alpha value is -2.69. The summed E-state index contributed by atoms with van der Waals surface area (Å²) in [5, 5.41) is 2.76. The van der Waals surface area contributed by atoms with Gasteiger partial charge >= 0.3 is 0 Å². The molecule has 1 fully saturated rings. The molecule has 1 N–H and O–H groups in total. The maximum Gasteiger partial charge on any atom is 0.254 e. The topological polar surface area (TPSA) is 38.3 Å². The van der Waals surface area contributed by atoms with Gasteiger partial charge in [-0.05, 0) is 42.4 Å². The van der Waals surface area contributed by atoms with Crippen LogP contribution in [0.2, 0.25) is 0 Å². The number of aryl methyl sites for hydroxylation is 1. The lowest BCUT2D eigenvalue weighted by Crippen LogP contribution is -2.31. The Bertz CT molecular complexity index is 909.